The highest BCUT2D eigenvalue weighted by Gasteiger charge is 2.28. The minimum Gasteiger partial charge on any atom is -0.327 e. The highest BCUT2D eigenvalue weighted by molar-refractivity contribution is 6.30. The largest absolute Gasteiger partial charge is 0.327 e. The van der Waals surface area contributed by atoms with Crippen LogP contribution in [0, 0.1) is 11.8 Å². The molecule has 0 radical (unpaired) electrons. The Balaban J connectivity index is 1.97. The van der Waals surface area contributed by atoms with Crippen molar-refractivity contribution < 1.29 is 0 Å². The van der Waals surface area contributed by atoms with Gasteiger partial charge in [0.05, 0.1) is 0 Å². The van der Waals surface area contributed by atoms with Gasteiger partial charge in [0.2, 0.25) is 0 Å². The molecule has 0 spiro atoms. The fraction of sp³-hybridized carbons (Fsp3) is 0.625. The summed E-state index contributed by atoms with van der Waals surface area (Å²) in [5, 5.41) is 0.802. The number of benzene rings is 1. The molecule has 1 nitrogen and oxygen atoms in total. The highest BCUT2D eigenvalue weighted by Crippen LogP contribution is 2.34. The lowest BCUT2D eigenvalue weighted by atomic mass is 9.73. The fourth-order valence-corrected chi connectivity index (χ4v) is 3.48. The standard InChI is InChI=1S/C16H24ClN/c1-2-13-5-3-4-6-15(13)16(18)11-12-7-9-14(17)10-8-12/h7-10,13,15-16H,2-6,11,18H2,1H3. The van der Waals surface area contributed by atoms with Crippen molar-refractivity contribution in [2.75, 3.05) is 0 Å². The molecule has 0 aromatic heterocycles. The third-order valence-corrected chi connectivity index (χ3v) is 4.68. The van der Waals surface area contributed by atoms with E-state index in [1.807, 2.05) is 12.1 Å². The molecule has 1 aliphatic rings. The molecular formula is C16H24ClN. The van der Waals surface area contributed by atoms with Gasteiger partial charge in [-0.1, -0.05) is 56.3 Å². The van der Waals surface area contributed by atoms with Crippen LogP contribution in [0.25, 0.3) is 0 Å². The van der Waals surface area contributed by atoms with Crippen LogP contribution in [0.1, 0.15) is 44.6 Å². The topological polar surface area (TPSA) is 26.0 Å². The van der Waals surface area contributed by atoms with E-state index >= 15 is 0 Å². The summed E-state index contributed by atoms with van der Waals surface area (Å²) < 4.78 is 0. The maximum atomic E-state index is 6.45. The van der Waals surface area contributed by atoms with Crippen LogP contribution < -0.4 is 5.73 Å². The van der Waals surface area contributed by atoms with Crippen LogP contribution in [0.2, 0.25) is 5.02 Å². The molecule has 3 unspecified atom stereocenters. The summed E-state index contributed by atoms with van der Waals surface area (Å²) in [6.45, 7) is 2.30. The Morgan fingerprint density at radius 3 is 2.56 bits per heavy atom. The van der Waals surface area contributed by atoms with E-state index in [1.165, 1.54) is 37.7 Å². The molecule has 0 heterocycles. The number of halogens is 1. The van der Waals surface area contributed by atoms with Gasteiger partial charge >= 0.3 is 0 Å². The molecule has 2 N–H and O–H groups in total. The van der Waals surface area contributed by atoms with E-state index in [-0.39, 0.29) is 0 Å². The van der Waals surface area contributed by atoms with Gasteiger partial charge in [-0.15, -0.1) is 0 Å². The first-order valence-electron chi connectivity index (χ1n) is 7.20. The van der Waals surface area contributed by atoms with Crippen LogP contribution in [0.3, 0.4) is 0 Å². The van der Waals surface area contributed by atoms with Gasteiger partial charge in [0.25, 0.3) is 0 Å². The first-order chi connectivity index (χ1) is 8.70. The van der Waals surface area contributed by atoms with Gasteiger partial charge in [-0.2, -0.15) is 0 Å². The third kappa shape index (κ3) is 3.49. The van der Waals surface area contributed by atoms with Crippen molar-refractivity contribution in [1.82, 2.24) is 0 Å². The number of rotatable bonds is 4. The quantitative estimate of drug-likeness (QED) is 0.857. The zero-order chi connectivity index (χ0) is 13.0. The lowest BCUT2D eigenvalue weighted by Crippen LogP contribution is -2.38. The van der Waals surface area contributed by atoms with Gasteiger partial charge in [-0.3, -0.25) is 0 Å². The molecule has 3 atom stereocenters. The van der Waals surface area contributed by atoms with Crippen LogP contribution >= 0.6 is 11.6 Å². The third-order valence-electron chi connectivity index (χ3n) is 4.43. The minimum atomic E-state index is 0.302. The van der Waals surface area contributed by atoms with Gasteiger partial charge in [0.1, 0.15) is 0 Å². The molecule has 18 heavy (non-hydrogen) atoms. The Kier molecular flexibility index (Phi) is 5.08. The van der Waals surface area contributed by atoms with Gasteiger partial charge in [0.15, 0.2) is 0 Å². The normalized spacial score (nSPS) is 25.9. The van der Waals surface area contributed by atoms with E-state index in [0.717, 1.165) is 17.4 Å². The zero-order valence-electron chi connectivity index (χ0n) is 11.2. The van der Waals surface area contributed by atoms with Crippen molar-refractivity contribution in [3.63, 3.8) is 0 Å². The van der Waals surface area contributed by atoms with Crippen molar-refractivity contribution in [2.45, 2.75) is 51.5 Å². The van der Waals surface area contributed by atoms with Crippen molar-refractivity contribution in [3.8, 4) is 0 Å². The van der Waals surface area contributed by atoms with Crippen LogP contribution in [0.4, 0.5) is 0 Å². The average molecular weight is 266 g/mol. The van der Waals surface area contributed by atoms with Crippen molar-refractivity contribution in [3.05, 3.63) is 34.9 Å². The van der Waals surface area contributed by atoms with Crippen molar-refractivity contribution in [1.29, 1.82) is 0 Å². The first-order valence-corrected chi connectivity index (χ1v) is 7.58. The van der Waals surface area contributed by atoms with E-state index in [0.29, 0.717) is 12.0 Å². The Hall–Kier alpha value is -0.530. The summed E-state index contributed by atoms with van der Waals surface area (Å²) in [6.07, 6.45) is 7.69. The zero-order valence-corrected chi connectivity index (χ0v) is 12.0. The van der Waals surface area contributed by atoms with Crippen LogP contribution in [-0.2, 0) is 6.42 Å². The first kappa shape index (κ1) is 13.9. The Bertz CT molecular complexity index is 360. The summed E-state index contributed by atoms with van der Waals surface area (Å²) >= 11 is 5.91. The van der Waals surface area contributed by atoms with E-state index in [1.54, 1.807) is 0 Å². The molecule has 1 aromatic carbocycles. The average Bonchev–Trinajstić information content (AvgIpc) is 2.41. The molecule has 0 aliphatic heterocycles. The minimum absolute atomic E-state index is 0.302. The maximum Gasteiger partial charge on any atom is 0.0406 e. The summed E-state index contributed by atoms with van der Waals surface area (Å²) in [7, 11) is 0. The van der Waals surface area contributed by atoms with E-state index < -0.39 is 0 Å². The fourth-order valence-electron chi connectivity index (χ4n) is 3.35. The van der Waals surface area contributed by atoms with E-state index in [4.69, 9.17) is 17.3 Å². The summed E-state index contributed by atoms with van der Waals surface area (Å²) in [5.74, 6) is 1.54. The van der Waals surface area contributed by atoms with Crippen molar-refractivity contribution in [2.24, 2.45) is 17.6 Å². The predicted octanol–water partition coefficient (Wildman–Crippen LogP) is 4.43. The maximum absolute atomic E-state index is 6.45. The van der Waals surface area contributed by atoms with E-state index in [2.05, 4.69) is 19.1 Å². The second kappa shape index (κ2) is 6.58. The Labute approximate surface area is 116 Å². The molecular weight excluding hydrogens is 242 g/mol. The van der Waals surface area contributed by atoms with Gasteiger partial charge < -0.3 is 5.73 Å². The Morgan fingerprint density at radius 1 is 1.22 bits per heavy atom. The van der Waals surface area contributed by atoms with Gasteiger partial charge in [-0.25, -0.2) is 0 Å². The predicted molar refractivity (Wildman–Crippen MR) is 78.9 cm³/mol. The lowest BCUT2D eigenvalue weighted by molar-refractivity contribution is 0.195. The van der Waals surface area contributed by atoms with Gasteiger partial charge in [0, 0.05) is 11.1 Å². The highest BCUT2D eigenvalue weighted by atomic mass is 35.5. The summed E-state index contributed by atoms with van der Waals surface area (Å²) in [5.41, 5.74) is 7.76. The number of hydrogen-bond acceptors (Lipinski definition) is 1. The Morgan fingerprint density at radius 2 is 1.89 bits per heavy atom. The summed E-state index contributed by atoms with van der Waals surface area (Å²) in [4.78, 5) is 0. The number of nitrogens with two attached hydrogens (primary N) is 1. The molecule has 1 saturated carbocycles. The molecule has 0 amide bonds. The second-order valence-electron chi connectivity index (χ2n) is 5.61. The lowest BCUT2D eigenvalue weighted by Gasteiger charge is -2.35. The van der Waals surface area contributed by atoms with Crippen LogP contribution in [0.5, 0.6) is 0 Å². The van der Waals surface area contributed by atoms with Crippen LogP contribution in [-0.4, -0.2) is 6.04 Å². The van der Waals surface area contributed by atoms with Crippen LogP contribution in [0.15, 0.2) is 24.3 Å². The summed E-state index contributed by atoms with van der Waals surface area (Å²) in [6, 6.07) is 8.43. The molecule has 1 aliphatic carbocycles. The SMILES string of the molecule is CCC1CCCCC1C(N)Cc1ccc(Cl)cc1. The molecule has 2 rings (SSSR count). The second-order valence-corrected chi connectivity index (χ2v) is 6.05. The molecule has 1 fully saturated rings. The van der Waals surface area contributed by atoms with Crippen molar-refractivity contribution >= 4 is 11.6 Å². The molecule has 0 saturated heterocycles. The molecule has 2 heteroatoms. The number of hydrogen-bond donors (Lipinski definition) is 1. The molecule has 1 aromatic rings. The monoisotopic (exact) mass is 265 g/mol. The van der Waals surface area contributed by atoms with E-state index in [9.17, 15) is 0 Å². The van der Waals surface area contributed by atoms with Gasteiger partial charge in [-0.05, 0) is 42.4 Å². The molecule has 100 valence electrons. The smallest absolute Gasteiger partial charge is 0.0406 e. The molecule has 0 bridgehead atoms.